The first kappa shape index (κ1) is 16.2. The molecule has 1 aliphatic rings. The minimum absolute atomic E-state index is 0.323. The van der Waals surface area contributed by atoms with Crippen LogP contribution in [-0.4, -0.2) is 16.9 Å². The molecule has 0 unspecified atom stereocenters. The van der Waals surface area contributed by atoms with Crippen LogP contribution in [0.1, 0.15) is 37.7 Å². The molecule has 0 aliphatic heterocycles. The Morgan fingerprint density at radius 2 is 2.00 bits per heavy atom. The number of pyridine rings is 1. The molecule has 4 heteroatoms. The van der Waals surface area contributed by atoms with Crippen LogP contribution in [0.15, 0.2) is 49.3 Å². The summed E-state index contributed by atoms with van der Waals surface area (Å²) in [5.41, 5.74) is 9.54. The third kappa shape index (κ3) is 3.65. The number of carbonyl (C=O) groups is 1. The van der Waals surface area contributed by atoms with Crippen LogP contribution in [0.25, 0.3) is 16.7 Å². The Balaban J connectivity index is 1.97. The number of nitrogens with two attached hydrogens (primary N) is 1. The Kier molecular flexibility index (Phi) is 4.94. The monoisotopic (exact) mass is 321 g/mol. The first-order valence-electron chi connectivity index (χ1n) is 8.45. The van der Waals surface area contributed by atoms with E-state index in [4.69, 9.17) is 5.73 Å². The Morgan fingerprint density at radius 3 is 2.67 bits per heavy atom. The summed E-state index contributed by atoms with van der Waals surface area (Å²) in [6, 6.07) is 10.3. The number of nitrogens with one attached hydrogen (secondary N) is 1. The van der Waals surface area contributed by atoms with Gasteiger partial charge in [0.15, 0.2) is 0 Å². The van der Waals surface area contributed by atoms with Crippen LogP contribution in [0.3, 0.4) is 0 Å². The number of hydrogen-bond donors (Lipinski definition) is 2. The van der Waals surface area contributed by atoms with E-state index in [0.717, 1.165) is 22.4 Å². The van der Waals surface area contributed by atoms with Crippen LogP contribution >= 0.6 is 0 Å². The van der Waals surface area contributed by atoms with E-state index in [0.29, 0.717) is 11.6 Å². The van der Waals surface area contributed by atoms with Gasteiger partial charge < -0.3 is 11.1 Å². The smallest absolute Gasteiger partial charge is 0.248 e. The first-order valence-corrected chi connectivity index (χ1v) is 8.45. The van der Waals surface area contributed by atoms with Crippen LogP contribution < -0.4 is 11.1 Å². The number of carbonyl (C=O) groups excluding carboxylic acids is 1. The van der Waals surface area contributed by atoms with Crippen molar-refractivity contribution in [3.05, 3.63) is 54.9 Å². The molecule has 2 aromatic rings. The molecule has 0 spiro atoms. The van der Waals surface area contributed by atoms with Gasteiger partial charge in [0, 0.05) is 40.8 Å². The first-order chi connectivity index (χ1) is 11.6. The maximum absolute atomic E-state index is 11.4. The average molecular weight is 321 g/mol. The zero-order chi connectivity index (χ0) is 16.9. The second-order valence-electron chi connectivity index (χ2n) is 6.32. The molecule has 1 aliphatic carbocycles. The van der Waals surface area contributed by atoms with Crippen molar-refractivity contribution in [1.82, 2.24) is 4.98 Å². The molecule has 0 saturated heterocycles. The van der Waals surface area contributed by atoms with Gasteiger partial charge in [-0.3, -0.25) is 9.78 Å². The molecule has 1 heterocycles. The molecule has 1 saturated carbocycles. The SMILES string of the molecule is C=C(C(N)=O)c1ccc(NC2CCCCC2)c(-c2cccnc2)c1. The number of nitrogens with zero attached hydrogens (tertiary/aromatic N) is 1. The number of hydrogen-bond acceptors (Lipinski definition) is 3. The fraction of sp³-hybridized carbons (Fsp3) is 0.300. The normalized spacial score (nSPS) is 15.0. The fourth-order valence-electron chi connectivity index (χ4n) is 3.23. The summed E-state index contributed by atoms with van der Waals surface area (Å²) >= 11 is 0. The summed E-state index contributed by atoms with van der Waals surface area (Å²) in [6.45, 7) is 3.79. The fourth-order valence-corrected chi connectivity index (χ4v) is 3.23. The van der Waals surface area contributed by atoms with E-state index >= 15 is 0 Å². The molecule has 0 bridgehead atoms. The van der Waals surface area contributed by atoms with Gasteiger partial charge in [0.25, 0.3) is 0 Å². The lowest BCUT2D eigenvalue weighted by atomic mass is 9.93. The number of primary amides is 1. The van der Waals surface area contributed by atoms with E-state index in [2.05, 4.69) is 16.9 Å². The topological polar surface area (TPSA) is 68.0 Å². The van der Waals surface area contributed by atoms with Gasteiger partial charge >= 0.3 is 0 Å². The molecule has 1 aromatic heterocycles. The second-order valence-corrected chi connectivity index (χ2v) is 6.32. The average Bonchev–Trinajstić information content (AvgIpc) is 2.63. The van der Waals surface area contributed by atoms with Crippen molar-refractivity contribution in [2.75, 3.05) is 5.32 Å². The highest BCUT2D eigenvalue weighted by Gasteiger charge is 2.16. The summed E-state index contributed by atoms with van der Waals surface area (Å²) in [5.74, 6) is -0.500. The molecule has 24 heavy (non-hydrogen) atoms. The van der Waals surface area contributed by atoms with Gasteiger partial charge in [-0.15, -0.1) is 0 Å². The van der Waals surface area contributed by atoms with Gasteiger partial charge in [-0.05, 0) is 36.6 Å². The summed E-state index contributed by atoms with van der Waals surface area (Å²) in [5, 5.41) is 3.67. The second kappa shape index (κ2) is 7.30. The molecular weight excluding hydrogens is 298 g/mol. The molecule has 1 amide bonds. The van der Waals surface area contributed by atoms with Crippen LogP contribution in [0.5, 0.6) is 0 Å². The molecule has 0 atom stereocenters. The van der Waals surface area contributed by atoms with Gasteiger partial charge in [-0.2, -0.15) is 0 Å². The molecule has 3 N–H and O–H groups in total. The van der Waals surface area contributed by atoms with E-state index in [9.17, 15) is 4.79 Å². The molecule has 3 rings (SSSR count). The summed E-state index contributed by atoms with van der Waals surface area (Å²) in [4.78, 5) is 15.7. The van der Waals surface area contributed by atoms with Crippen molar-refractivity contribution in [3.63, 3.8) is 0 Å². The Labute approximate surface area is 142 Å². The van der Waals surface area contributed by atoms with Crippen molar-refractivity contribution in [2.24, 2.45) is 5.73 Å². The van der Waals surface area contributed by atoms with E-state index in [1.165, 1.54) is 32.1 Å². The standard InChI is InChI=1S/C20H23N3O/c1-14(20(21)24)15-9-10-19(23-17-7-3-2-4-8-17)18(12-15)16-6-5-11-22-13-16/h5-6,9-13,17,23H,1-4,7-8H2,(H2,21,24). The van der Waals surface area contributed by atoms with E-state index in [1.807, 2.05) is 36.5 Å². The largest absolute Gasteiger partial charge is 0.382 e. The van der Waals surface area contributed by atoms with Crippen molar-refractivity contribution in [2.45, 2.75) is 38.1 Å². The Bertz CT molecular complexity index is 734. The van der Waals surface area contributed by atoms with E-state index < -0.39 is 5.91 Å². The third-order valence-corrected chi connectivity index (χ3v) is 4.60. The van der Waals surface area contributed by atoms with Crippen molar-refractivity contribution in [3.8, 4) is 11.1 Å². The number of anilines is 1. The predicted octanol–water partition coefficient (Wildman–Crippen LogP) is 3.99. The Morgan fingerprint density at radius 1 is 1.21 bits per heavy atom. The highest BCUT2D eigenvalue weighted by atomic mass is 16.1. The third-order valence-electron chi connectivity index (χ3n) is 4.60. The van der Waals surface area contributed by atoms with Crippen LogP contribution in [-0.2, 0) is 4.79 Å². The van der Waals surface area contributed by atoms with Gasteiger partial charge in [0.2, 0.25) is 5.91 Å². The summed E-state index contributed by atoms with van der Waals surface area (Å²) in [6.07, 6.45) is 9.85. The van der Waals surface area contributed by atoms with Crippen LogP contribution in [0, 0.1) is 0 Å². The summed E-state index contributed by atoms with van der Waals surface area (Å²) in [7, 11) is 0. The molecule has 0 radical (unpaired) electrons. The molecule has 1 aromatic carbocycles. The van der Waals surface area contributed by atoms with Crippen molar-refractivity contribution >= 4 is 17.2 Å². The lowest BCUT2D eigenvalue weighted by Crippen LogP contribution is -2.22. The Hall–Kier alpha value is -2.62. The number of benzene rings is 1. The maximum Gasteiger partial charge on any atom is 0.248 e. The lowest BCUT2D eigenvalue weighted by molar-refractivity contribution is -0.112. The van der Waals surface area contributed by atoms with Gasteiger partial charge in [-0.1, -0.05) is 38.0 Å². The highest BCUT2D eigenvalue weighted by Crippen LogP contribution is 2.32. The number of aromatic nitrogens is 1. The minimum atomic E-state index is -0.500. The number of amides is 1. The number of rotatable bonds is 5. The van der Waals surface area contributed by atoms with E-state index in [1.54, 1.807) is 6.20 Å². The predicted molar refractivity (Wildman–Crippen MR) is 98.4 cm³/mol. The zero-order valence-electron chi connectivity index (χ0n) is 13.8. The van der Waals surface area contributed by atoms with Gasteiger partial charge in [0.1, 0.15) is 0 Å². The zero-order valence-corrected chi connectivity index (χ0v) is 13.8. The molecule has 124 valence electrons. The van der Waals surface area contributed by atoms with Gasteiger partial charge in [0.05, 0.1) is 0 Å². The molecular formula is C20H23N3O. The maximum atomic E-state index is 11.4. The van der Waals surface area contributed by atoms with Crippen molar-refractivity contribution in [1.29, 1.82) is 0 Å². The highest BCUT2D eigenvalue weighted by molar-refractivity contribution is 6.18. The van der Waals surface area contributed by atoms with Gasteiger partial charge in [-0.25, -0.2) is 0 Å². The van der Waals surface area contributed by atoms with Crippen LogP contribution in [0.4, 0.5) is 5.69 Å². The minimum Gasteiger partial charge on any atom is -0.382 e. The quantitative estimate of drug-likeness (QED) is 0.818. The summed E-state index contributed by atoms with van der Waals surface area (Å²) < 4.78 is 0. The van der Waals surface area contributed by atoms with Crippen LogP contribution in [0.2, 0.25) is 0 Å². The molecule has 4 nitrogen and oxygen atoms in total. The van der Waals surface area contributed by atoms with E-state index in [-0.39, 0.29) is 0 Å². The molecule has 1 fully saturated rings. The van der Waals surface area contributed by atoms with Crippen molar-refractivity contribution < 1.29 is 4.79 Å². The lowest BCUT2D eigenvalue weighted by Gasteiger charge is -2.25.